The number of halogens is 1. The lowest BCUT2D eigenvalue weighted by molar-refractivity contribution is -0.155. The van der Waals surface area contributed by atoms with Crippen molar-refractivity contribution in [3.8, 4) is 0 Å². The summed E-state index contributed by atoms with van der Waals surface area (Å²) in [6, 6.07) is 4.39. The van der Waals surface area contributed by atoms with Gasteiger partial charge in [0.05, 0.1) is 0 Å². The van der Waals surface area contributed by atoms with E-state index in [0.717, 1.165) is 4.90 Å². The van der Waals surface area contributed by atoms with Crippen LogP contribution in [0.2, 0.25) is 5.02 Å². The van der Waals surface area contributed by atoms with E-state index in [1.807, 2.05) is 0 Å². The quantitative estimate of drug-likeness (QED) is 0.567. The number of hydrogen-bond donors (Lipinski definition) is 2. The number of carbonyl (C=O) groups excluding carboxylic acids is 4. The summed E-state index contributed by atoms with van der Waals surface area (Å²) in [5.41, 5.74) is 0.150. The molecule has 2 rings (SSSR count). The van der Waals surface area contributed by atoms with Gasteiger partial charge >= 0.3 is 12.0 Å². The minimum atomic E-state index is -1.12. The lowest BCUT2D eigenvalue weighted by atomic mass is 9.99. The monoisotopic (exact) mass is 395 g/mol. The summed E-state index contributed by atoms with van der Waals surface area (Å²) >= 11 is 6.01. The smallest absolute Gasteiger partial charge is 0.327 e. The maximum Gasteiger partial charge on any atom is 0.327 e. The molecule has 1 aromatic carbocycles. The highest BCUT2D eigenvalue weighted by atomic mass is 35.5. The number of rotatable bonds is 6. The molecule has 9 heteroatoms. The molecule has 4 amide bonds. The minimum absolute atomic E-state index is 0.390. The largest absolute Gasteiger partial charge is 0.451 e. The first-order chi connectivity index (χ1) is 12.6. The van der Waals surface area contributed by atoms with Crippen LogP contribution < -0.4 is 10.6 Å². The van der Waals surface area contributed by atoms with Gasteiger partial charge in [0.1, 0.15) is 12.1 Å². The van der Waals surface area contributed by atoms with Crippen LogP contribution in [0.1, 0.15) is 32.8 Å². The van der Waals surface area contributed by atoms with Crippen molar-refractivity contribution in [1.82, 2.24) is 10.2 Å². The molecule has 0 aromatic heterocycles. The highest BCUT2D eigenvalue weighted by molar-refractivity contribution is 6.31. The number of carbonyl (C=O) groups is 4. The third-order valence-corrected chi connectivity index (χ3v) is 4.95. The van der Waals surface area contributed by atoms with Crippen LogP contribution in [0.15, 0.2) is 18.2 Å². The second-order valence-electron chi connectivity index (χ2n) is 6.54. The van der Waals surface area contributed by atoms with E-state index < -0.39 is 42.0 Å². The summed E-state index contributed by atoms with van der Waals surface area (Å²) in [6.45, 7) is 5.92. The predicted molar refractivity (Wildman–Crippen MR) is 99.3 cm³/mol. The van der Waals surface area contributed by atoms with Gasteiger partial charge in [0, 0.05) is 10.7 Å². The molecule has 2 N–H and O–H groups in total. The molecule has 0 spiro atoms. The van der Waals surface area contributed by atoms with Crippen molar-refractivity contribution in [2.24, 2.45) is 0 Å². The highest BCUT2D eigenvalue weighted by Gasteiger charge is 2.47. The van der Waals surface area contributed by atoms with Crippen molar-refractivity contribution in [3.63, 3.8) is 0 Å². The van der Waals surface area contributed by atoms with Gasteiger partial charge in [-0.3, -0.25) is 19.3 Å². The van der Waals surface area contributed by atoms with Crippen molar-refractivity contribution >= 4 is 41.1 Å². The summed E-state index contributed by atoms with van der Waals surface area (Å²) in [5, 5.41) is 5.67. The topological polar surface area (TPSA) is 105 Å². The van der Waals surface area contributed by atoms with Crippen LogP contribution in [0.25, 0.3) is 0 Å². The first-order valence-electron chi connectivity index (χ1n) is 8.48. The third kappa shape index (κ3) is 4.39. The minimum Gasteiger partial charge on any atom is -0.451 e. The molecule has 1 aliphatic rings. The molecule has 27 heavy (non-hydrogen) atoms. The Labute approximate surface area is 162 Å². The third-order valence-electron chi connectivity index (χ3n) is 4.54. The van der Waals surface area contributed by atoms with Crippen molar-refractivity contribution < 1.29 is 23.9 Å². The van der Waals surface area contributed by atoms with Gasteiger partial charge in [-0.05, 0) is 44.9 Å². The zero-order chi connectivity index (χ0) is 20.4. The van der Waals surface area contributed by atoms with E-state index in [0.29, 0.717) is 22.7 Å². The molecule has 0 aliphatic carbocycles. The summed E-state index contributed by atoms with van der Waals surface area (Å²) in [5.74, 6) is -1.91. The van der Waals surface area contributed by atoms with E-state index in [1.165, 1.54) is 6.92 Å². The van der Waals surface area contributed by atoms with Gasteiger partial charge in [0.2, 0.25) is 0 Å². The van der Waals surface area contributed by atoms with E-state index in [1.54, 1.807) is 39.0 Å². The number of imide groups is 1. The highest BCUT2D eigenvalue weighted by Crippen LogP contribution is 2.23. The Morgan fingerprint density at radius 1 is 1.37 bits per heavy atom. The van der Waals surface area contributed by atoms with Gasteiger partial charge in [-0.15, -0.1) is 0 Å². The molecule has 1 saturated heterocycles. The van der Waals surface area contributed by atoms with Crippen LogP contribution in [0.5, 0.6) is 0 Å². The molecular weight excluding hydrogens is 374 g/mol. The lowest BCUT2D eigenvalue weighted by Gasteiger charge is -2.19. The van der Waals surface area contributed by atoms with E-state index >= 15 is 0 Å². The Balaban J connectivity index is 1.95. The maximum absolute atomic E-state index is 12.3. The SMILES string of the molecule is CC[C@]1(C)NC(=O)N(CC(=O)O[C@@H](C)C(=O)Nc2cccc(Cl)c2C)C1=O. The first-order valence-corrected chi connectivity index (χ1v) is 8.86. The zero-order valence-electron chi connectivity index (χ0n) is 15.6. The Bertz CT molecular complexity index is 797. The van der Waals surface area contributed by atoms with Gasteiger partial charge < -0.3 is 15.4 Å². The molecular formula is C18H22ClN3O5. The Hall–Kier alpha value is -2.61. The fourth-order valence-electron chi connectivity index (χ4n) is 2.52. The second-order valence-corrected chi connectivity index (χ2v) is 6.95. The number of anilines is 1. The van der Waals surface area contributed by atoms with Crippen LogP contribution in [-0.4, -0.2) is 46.9 Å². The number of esters is 1. The normalized spacial score (nSPS) is 20.3. The van der Waals surface area contributed by atoms with Crippen LogP contribution in [0.4, 0.5) is 10.5 Å². The van der Waals surface area contributed by atoms with Crippen molar-refractivity contribution in [3.05, 3.63) is 28.8 Å². The zero-order valence-corrected chi connectivity index (χ0v) is 16.3. The Morgan fingerprint density at radius 3 is 2.63 bits per heavy atom. The summed E-state index contributed by atoms with van der Waals surface area (Å²) in [4.78, 5) is 49.3. The molecule has 8 nitrogen and oxygen atoms in total. The van der Waals surface area contributed by atoms with Crippen molar-refractivity contribution in [2.75, 3.05) is 11.9 Å². The molecule has 1 aromatic rings. The summed E-state index contributed by atoms with van der Waals surface area (Å²) < 4.78 is 5.06. The van der Waals surface area contributed by atoms with E-state index in [4.69, 9.17) is 16.3 Å². The molecule has 1 aliphatic heterocycles. The standard InChI is InChI=1S/C18H22ClN3O5/c1-5-18(4)16(25)22(17(26)21-18)9-14(23)27-11(3)15(24)20-13-8-6-7-12(19)10(13)2/h6-8,11H,5,9H2,1-4H3,(H,20,24)(H,21,26)/t11-,18-/m0/s1. The first kappa shape index (κ1) is 20.7. The second kappa shape index (κ2) is 7.96. The number of ether oxygens (including phenoxy) is 1. The van der Waals surface area contributed by atoms with Gasteiger partial charge in [-0.1, -0.05) is 24.6 Å². The number of nitrogens with one attached hydrogen (secondary N) is 2. The molecule has 0 radical (unpaired) electrons. The molecule has 1 heterocycles. The van der Waals surface area contributed by atoms with Crippen LogP contribution in [0.3, 0.4) is 0 Å². The molecule has 146 valence electrons. The fourth-order valence-corrected chi connectivity index (χ4v) is 2.70. The van der Waals surface area contributed by atoms with E-state index in [2.05, 4.69) is 10.6 Å². The number of benzene rings is 1. The Kier molecular flexibility index (Phi) is 6.10. The van der Waals surface area contributed by atoms with Gasteiger partial charge in [-0.25, -0.2) is 4.79 Å². The number of amides is 4. The van der Waals surface area contributed by atoms with Crippen LogP contribution in [0, 0.1) is 6.92 Å². The van der Waals surface area contributed by atoms with Crippen molar-refractivity contribution in [1.29, 1.82) is 0 Å². The lowest BCUT2D eigenvalue weighted by Crippen LogP contribution is -2.44. The van der Waals surface area contributed by atoms with Gasteiger partial charge in [0.15, 0.2) is 6.10 Å². The van der Waals surface area contributed by atoms with Crippen LogP contribution >= 0.6 is 11.6 Å². The molecule has 0 unspecified atom stereocenters. The molecule has 1 fully saturated rings. The van der Waals surface area contributed by atoms with Crippen molar-refractivity contribution in [2.45, 2.75) is 45.8 Å². The van der Waals surface area contributed by atoms with Crippen LogP contribution in [-0.2, 0) is 19.1 Å². The number of hydrogen-bond acceptors (Lipinski definition) is 5. The number of nitrogens with zero attached hydrogens (tertiary/aromatic N) is 1. The molecule has 0 bridgehead atoms. The maximum atomic E-state index is 12.3. The number of urea groups is 1. The summed E-state index contributed by atoms with van der Waals surface area (Å²) in [6.07, 6.45) is -0.727. The predicted octanol–water partition coefficient (Wildman–Crippen LogP) is 2.24. The summed E-state index contributed by atoms with van der Waals surface area (Å²) in [7, 11) is 0. The fraction of sp³-hybridized carbons (Fsp3) is 0.444. The molecule has 0 saturated carbocycles. The Morgan fingerprint density at radius 2 is 2.04 bits per heavy atom. The van der Waals surface area contributed by atoms with Gasteiger partial charge in [0.25, 0.3) is 11.8 Å². The van der Waals surface area contributed by atoms with E-state index in [9.17, 15) is 19.2 Å². The average molecular weight is 396 g/mol. The van der Waals surface area contributed by atoms with Gasteiger partial charge in [-0.2, -0.15) is 0 Å². The van der Waals surface area contributed by atoms with E-state index in [-0.39, 0.29) is 0 Å². The average Bonchev–Trinajstić information content (AvgIpc) is 2.82. The molecule has 2 atom stereocenters.